The van der Waals surface area contributed by atoms with E-state index < -0.39 is 11.5 Å². The fourth-order valence-electron chi connectivity index (χ4n) is 3.67. The van der Waals surface area contributed by atoms with Crippen LogP contribution in [0.5, 0.6) is 0 Å². The summed E-state index contributed by atoms with van der Waals surface area (Å²) in [6.45, 7) is 6.69. The number of hydrogen-bond acceptors (Lipinski definition) is 2. The number of hydrogen-bond donors (Lipinski definition) is 1. The summed E-state index contributed by atoms with van der Waals surface area (Å²) in [4.78, 5) is 25.8. The minimum absolute atomic E-state index is 0.0144. The molecule has 108 valence electrons. The van der Waals surface area contributed by atoms with Crippen LogP contribution in [0.25, 0.3) is 0 Å². The predicted octanol–water partition coefficient (Wildman–Crippen LogP) is 2.67. The molecule has 4 nitrogen and oxygen atoms in total. The van der Waals surface area contributed by atoms with Crippen molar-refractivity contribution in [1.82, 2.24) is 4.90 Å². The fraction of sp³-hybridized carbons (Fsp3) is 0.867. The van der Waals surface area contributed by atoms with Crippen LogP contribution in [0.1, 0.15) is 59.3 Å². The molecule has 0 aromatic heterocycles. The van der Waals surface area contributed by atoms with Crippen molar-refractivity contribution in [3.63, 3.8) is 0 Å². The zero-order valence-corrected chi connectivity index (χ0v) is 12.2. The first kappa shape index (κ1) is 14.4. The lowest BCUT2D eigenvalue weighted by atomic mass is 9.71. The van der Waals surface area contributed by atoms with Gasteiger partial charge in [0.15, 0.2) is 0 Å². The lowest BCUT2D eigenvalue weighted by molar-refractivity contribution is -0.158. The summed E-state index contributed by atoms with van der Waals surface area (Å²) in [6, 6.07) is 0. The maximum Gasteiger partial charge on any atom is 0.329 e. The van der Waals surface area contributed by atoms with Crippen molar-refractivity contribution in [2.75, 3.05) is 6.54 Å². The summed E-state index contributed by atoms with van der Waals surface area (Å²) in [6.07, 6.45) is 5.40. The van der Waals surface area contributed by atoms with Crippen LogP contribution in [0.4, 0.5) is 0 Å². The quantitative estimate of drug-likeness (QED) is 0.836. The molecule has 0 spiro atoms. The highest BCUT2D eigenvalue weighted by molar-refractivity contribution is 5.88. The lowest BCUT2D eigenvalue weighted by Gasteiger charge is -2.39. The van der Waals surface area contributed by atoms with Crippen LogP contribution in [-0.4, -0.2) is 34.0 Å². The highest BCUT2D eigenvalue weighted by atomic mass is 16.4. The molecule has 1 heterocycles. The molecule has 2 aliphatic rings. The van der Waals surface area contributed by atoms with E-state index in [2.05, 4.69) is 13.8 Å². The highest BCUT2D eigenvalue weighted by Gasteiger charge is 2.48. The van der Waals surface area contributed by atoms with Gasteiger partial charge >= 0.3 is 5.97 Å². The van der Waals surface area contributed by atoms with Crippen molar-refractivity contribution >= 4 is 11.9 Å². The van der Waals surface area contributed by atoms with Gasteiger partial charge < -0.3 is 10.0 Å². The van der Waals surface area contributed by atoms with Crippen LogP contribution in [0.2, 0.25) is 0 Å². The second-order valence-corrected chi connectivity index (χ2v) is 7.13. The third-order valence-electron chi connectivity index (χ3n) is 4.92. The fourth-order valence-corrected chi connectivity index (χ4v) is 3.67. The highest BCUT2D eigenvalue weighted by Crippen LogP contribution is 2.41. The smallest absolute Gasteiger partial charge is 0.329 e. The Balaban J connectivity index is 2.13. The zero-order chi connectivity index (χ0) is 14.3. The van der Waals surface area contributed by atoms with Crippen LogP contribution < -0.4 is 0 Å². The van der Waals surface area contributed by atoms with Crippen molar-refractivity contribution in [1.29, 1.82) is 0 Å². The minimum Gasteiger partial charge on any atom is -0.480 e. The zero-order valence-electron chi connectivity index (χ0n) is 12.2. The average Bonchev–Trinajstić information content (AvgIpc) is 2.70. The summed E-state index contributed by atoms with van der Waals surface area (Å²) in [5, 5.41) is 9.40. The van der Waals surface area contributed by atoms with E-state index in [1.165, 1.54) is 0 Å². The molecule has 1 amide bonds. The second-order valence-electron chi connectivity index (χ2n) is 7.13. The van der Waals surface area contributed by atoms with Gasteiger partial charge in [0.25, 0.3) is 0 Å². The predicted molar refractivity (Wildman–Crippen MR) is 72.7 cm³/mol. The molecule has 1 saturated heterocycles. The van der Waals surface area contributed by atoms with Gasteiger partial charge in [0.2, 0.25) is 5.91 Å². The Bertz CT molecular complexity index is 391. The number of amides is 1. The molecular formula is C15H25NO3. The van der Waals surface area contributed by atoms with Gasteiger partial charge in [-0.15, -0.1) is 0 Å². The minimum atomic E-state index is -0.987. The van der Waals surface area contributed by atoms with Gasteiger partial charge in [0.05, 0.1) is 0 Å². The number of carbonyl (C=O) groups is 2. The molecule has 2 fully saturated rings. The number of rotatable bonds is 2. The van der Waals surface area contributed by atoms with E-state index in [1.807, 2.05) is 0 Å². The van der Waals surface area contributed by atoms with Crippen LogP contribution in [-0.2, 0) is 9.59 Å². The van der Waals surface area contributed by atoms with Crippen molar-refractivity contribution in [3.8, 4) is 0 Å². The largest absolute Gasteiger partial charge is 0.480 e. The number of carboxylic acids is 1. The summed E-state index contributed by atoms with van der Waals surface area (Å²) in [5.41, 5.74) is -0.781. The topological polar surface area (TPSA) is 57.6 Å². The van der Waals surface area contributed by atoms with E-state index in [1.54, 1.807) is 11.8 Å². The van der Waals surface area contributed by atoms with Gasteiger partial charge in [-0.1, -0.05) is 20.3 Å². The van der Waals surface area contributed by atoms with E-state index in [0.717, 1.165) is 32.1 Å². The molecule has 1 saturated carbocycles. The van der Waals surface area contributed by atoms with Crippen molar-refractivity contribution in [2.45, 2.75) is 64.8 Å². The standard InChI is InChI=1S/C15H25NO3/c1-14(2)7-4-6-11(10-14)12(17)16-9-5-8-15(16,3)13(18)19/h11H,4-10H2,1-3H3,(H,18,19). The summed E-state index contributed by atoms with van der Waals surface area (Å²) in [5.74, 6) is -0.788. The Morgan fingerprint density at radius 1 is 1.16 bits per heavy atom. The Morgan fingerprint density at radius 3 is 2.42 bits per heavy atom. The van der Waals surface area contributed by atoms with Gasteiger partial charge in [0.1, 0.15) is 5.54 Å². The molecule has 0 bridgehead atoms. The molecule has 1 N–H and O–H groups in total. The molecule has 0 radical (unpaired) electrons. The van der Waals surface area contributed by atoms with Crippen LogP contribution in [0.3, 0.4) is 0 Å². The van der Waals surface area contributed by atoms with Crippen LogP contribution >= 0.6 is 0 Å². The number of carboxylic acid groups (broad SMARTS) is 1. The summed E-state index contributed by atoms with van der Waals surface area (Å²) < 4.78 is 0. The summed E-state index contributed by atoms with van der Waals surface area (Å²) >= 11 is 0. The third kappa shape index (κ3) is 2.63. The Labute approximate surface area is 115 Å². The van der Waals surface area contributed by atoms with Gasteiger partial charge in [0, 0.05) is 12.5 Å². The number of nitrogens with zero attached hydrogens (tertiary/aromatic N) is 1. The monoisotopic (exact) mass is 267 g/mol. The van der Waals surface area contributed by atoms with Crippen molar-refractivity contribution in [3.05, 3.63) is 0 Å². The summed E-state index contributed by atoms with van der Waals surface area (Å²) in [7, 11) is 0. The Kier molecular flexibility index (Phi) is 3.63. The van der Waals surface area contributed by atoms with Gasteiger partial charge in [-0.3, -0.25) is 4.79 Å². The van der Waals surface area contributed by atoms with Gasteiger partial charge in [-0.2, -0.15) is 0 Å². The molecule has 19 heavy (non-hydrogen) atoms. The first-order chi connectivity index (χ1) is 8.76. The van der Waals surface area contributed by atoms with E-state index in [0.29, 0.717) is 13.0 Å². The van der Waals surface area contributed by atoms with Gasteiger partial charge in [-0.05, 0) is 44.4 Å². The number of likely N-dealkylation sites (tertiary alicyclic amines) is 1. The third-order valence-corrected chi connectivity index (χ3v) is 4.92. The Morgan fingerprint density at radius 2 is 1.84 bits per heavy atom. The lowest BCUT2D eigenvalue weighted by Crippen LogP contribution is -2.53. The average molecular weight is 267 g/mol. The number of aliphatic carboxylic acids is 1. The molecular weight excluding hydrogens is 242 g/mol. The second kappa shape index (κ2) is 4.80. The molecule has 2 atom stereocenters. The van der Waals surface area contributed by atoms with Crippen molar-refractivity contribution < 1.29 is 14.7 Å². The molecule has 1 aliphatic carbocycles. The van der Waals surface area contributed by atoms with Crippen molar-refractivity contribution in [2.24, 2.45) is 11.3 Å². The van der Waals surface area contributed by atoms with E-state index in [9.17, 15) is 14.7 Å². The first-order valence-corrected chi connectivity index (χ1v) is 7.31. The first-order valence-electron chi connectivity index (χ1n) is 7.31. The van der Waals surface area contributed by atoms with E-state index >= 15 is 0 Å². The molecule has 0 aromatic rings. The van der Waals surface area contributed by atoms with Gasteiger partial charge in [-0.25, -0.2) is 4.79 Å². The molecule has 4 heteroatoms. The Hall–Kier alpha value is -1.06. The number of carbonyl (C=O) groups excluding carboxylic acids is 1. The normalized spacial score (nSPS) is 34.3. The maximum atomic E-state index is 12.7. The molecule has 2 rings (SSSR count). The molecule has 1 aliphatic heterocycles. The maximum absolute atomic E-state index is 12.7. The molecule has 2 unspecified atom stereocenters. The SMILES string of the molecule is CC1(C)CCCC(C(=O)N2CCCC2(C)C(=O)O)C1. The van der Waals surface area contributed by atoms with E-state index in [-0.39, 0.29) is 17.2 Å². The van der Waals surface area contributed by atoms with E-state index in [4.69, 9.17) is 0 Å². The molecule has 0 aromatic carbocycles. The van der Waals surface area contributed by atoms with Crippen LogP contribution in [0.15, 0.2) is 0 Å². The van der Waals surface area contributed by atoms with Crippen LogP contribution in [0, 0.1) is 11.3 Å².